The molecule has 0 amide bonds. The molecule has 0 heterocycles. The van der Waals surface area contributed by atoms with Gasteiger partial charge in [-0.3, -0.25) is 4.79 Å². The van der Waals surface area contributed by atoms with Crippen molar-refractivity contribution in [2.75, 3.05) is 6.61 Å². The van der Waals surface area contributed by atoms with Crippen LogP contribution in [0.25, 0.3) is 0 Å². The van der Waals surface area contributed by atoms with Crippen molar-refractivity contribution in [2.45, 2.75) is 25.9 Å². The van der Waals surface area contributed by atoms with Crippen LogP contribution < -0.4 is 0 Å². The van der Waals surface area contributed by atoms with Crippen LogP contribution in [-0.2, 0) is 16.1 Å². The summed E-state index contributed by atoms with van der Waals surface area (Å²) < 4.78 is 5.42. The van der Waals surface area contributed by atoms with Gasteiger partial charge in [0, 0.05) is 0 Å². The third-order valence-electron chi connectivity index (χ3n) is 2.59. The summed E-state index contributed by atoms with van der Waals surface area (Å²) in [6, 6.07) is 7.49. The van der Waals surface area contributed by atoms with E-state index < -0.39 is 11.9 Å². The minimum atomic E-state index is -0.806. The van der Waals surface area contributed by atoms with Crippen LogP contribution in [0.4, 0.5) is 0 Å². The van der Waals surface area contributed by atoms with Crippen LogP contribution in [0, 0.1) is 0 Å². The molecular weight excluding hydrogens is 216 g/mol. The van der Waals surface area contributed by atoms with E-state index in [0.717, 1.165) is 17.5 Å². The fourth-order valence-electron chi connectivity index (χ4n) is 1.40. The highest BCUT2D eigenvalue weighted by Crippen LogP contribution is 2.16. The van der Waals surface area contributed by atoms with Crippen molar-refractivity contribution in [3.63, 3.8) is 0 Å². The molecule has 0 aliphatic carbocycles. The molecule has 1 aromatic rings. The second-order valence-corrected chi connectivity index (χ2v) is 3.93. The molecule has 3 nitrogen and oxygen atoms in total. The highest BCUT2D eigenvalue weighted by molar-refractivity contribution is 5.75. The lowest BCUT2D eigenvalue weighted by molar-refractivity contribution is -0.138. The first-order chi connectivity index (χ1) is 8.15. The molecule has 17 heavy (non-hydrogen) atoms. The summed E-state index contributed by atoms with van der Waals surface area (Å²) in [6.45, 7) is 6.51. The van der Waals surface area contributed by atoms with Crippen molar-refractivity contribution in [1.82, 2.24) is 0 Å². The van der Waals surface area contributed by atoms with Crippen molar-refractivity contribution in [2.24, 2.45) is 0 Å². The van der Waals surface area contributed by atoms with E-state index in [9.17, 15) is 4.79 Å². The van der Waals surface area contributed by atoms with Gasteiger partial charge < -0.3 is 9.84 Å². The van der Waals surface area contributed by atoms with Gasteiger partial charge in [-0.05, 0) is 24.5 Å². The Morgan fingerprint density at radius 1 is 1.47 bits per heavy atom. The summed E-state index contributed by atoms with van der Waals surface area (Å²) in [7, 11) is 0. The van der Waals surface area contributed by atoms with Crippen LogP contribution >= 0.6 is 0 Å². The fraction of sp³-hybridized carbons (Fsp3) is 0.357. The van der Waals surface area contributed by atoms with Gasteiger partial charge in [-0.25, -0.2) is 0 Å². The Morgan fingerprint density at radius 3 is 2.65 bits per heavy atom. The van der Waals surface area contributed by atoms with Crippen LogP contribution in [0.1, 0.15) is 30.4 Å². The van der Waals surface area contributed by atoms with Crippen molar-refractivity contribution in [1.29, 1.82) is 0 Å². The van der Waals surface area contributed by atoms with E-state index in [2.05, 4.69) is 6.58 Å². The third kappa shape index (κ3) is 4.41. The van der Waals surface area contributed by atoms with E-state index in [1.807, 2.05) is 30.3 Å². The van der Waals surface area contributed by atoms with Gasteiger partial charge in [0.05, 0.1) is 19.1 Å². The van der Waals surface area contributed by atoms with E-state index in [4.69, 9.17) is 9.84 Å². The number of ether oxygens (including phenoxy) is 1. The Bertz CT molecular complexity index is 368. The zero-order valence-electron chi connectivity index (χ0n) is 10.1. The minimum Gasteiger partial charge on any atom is -0.481 e. The first-order valence-electron chi connectivity index (χ1n) is 5.65. The molecule has 0 radical (unpaired) electrons. The summed E-state index contributed by atoms with van der Waals surface area (Å²) in [5, 5.41) is 8.87. The molecule has 3 heteroatoms. The van der Waals surface area contributed by atoms with E-state index in [0.29, 0.717) is 13.2 Å². The molecule has 1 N–H and O–H groups in total. The Morgan fingerprint density at radius 2 is 2.12 bits per heavy atom. The number of hydrogen-bond donors (Lipinski definition) is 1. The van der Waals surface area contributed by atoms with Gasteiger partial charge in [0.25, 0.3) is 0 Å². The second kappa shape index (κ2) is 6.86. The average molecular weight is 234 g/mol. The molecular formula is C14H18O3. The largest absolute Gasteiger partial charge is 0.481 e. The number of hydrogen-bond acceptors (Lipinski definition) is 2. The van der Waals surface area contributed by atoms with E-state index in [-0.39, 0.29) is 0 Å². The number of carbonyl (C=O) groups is 1. The lowest BCUT2D eigenvalue weighted by Crippen LogP contribution is -2.07. The first kappa shape index (κ1) is 13.5. The van der Waals surface area contributed by atoms with E-state index in [1.54, 1.807) is 6.92 Å². The van der Waals surface area contributed by atoms with E-state index in [1.165, 1.54) is 0 Å². The zero-order chi connectivity index (χ0) is 12.7. The molecule has 0 saturated heterocycles. The lowest BCUT2D eigenvalue weighted by Gasteiger charge is -2.08. The van der Waals surface area contributed by atoms with Crippen LogP contribution in [0.3, 0.4) is 0 Å². The smallest absolute Gasteiger partial charge is 0.310 e. The number of carboxylic acid groups (broad SMARTS) is 1. The van der Waals surface area contributed by atoms with Gasteiger partial charge >= 0.3 is 5.97 Å². The number of carboxylic acids is 1. The SMILES string of the molecule is C=CCCOCc1ccc(C(C)C(=O)O)cc1. The predicted octanol–water partition coefficient (Wildman–Crippen LogP) is 2.97. The molecule has 0 saturated carbocycles. The predicted molar refractivity (Wildman–Crippen MR) is 67.0 cm³/mol. The highest BCUT2D eigenvalue weighted by atomic mass is 16.5. The van der Waals surface area contributed by atoms with Crippen LogP contribution in [0.2, 0.25) is 0 Å². The van der Waals surface area contributed by atoms with Gasteiger partial charge in [0.2, 0.25) is 0 Å². The maximum atomic E-state index is 10.8. The quantitative estimate of drug-likeness (QED) is 0.582. The average Bonchev–Trinajstić information content (AvgIpc) is 2.34. The van der Waals surface area contributed by atoms with Crippen LogP contribution in [0.5, 0.6) is 0 Å². The molecule has 0 spiro atoms. The Labute approximate surface area is 102 Å². The Kier molecular flexibility index (Phi) is 5.43. The number of rotatable bonds is 7. The molecule has 1 atom stereocenters. The summed E-state index contributed by atoms with van der Waals surface area (Å²) in [6.07, 6.45) is 2.66. The van der Waals surface area contributed by atoms with Crippen molar-refractivity contribution >= 4 is 5.97 Å². The van der Waals surface area contributed by atoms with Crippen molar-refractivity contribution < 1.29 is 14.6 Å². The fourth-order valence-corrected chi connectivity index (χ4v) is 1.40. The molecule has 1 rings (SSSR count). The zero-order valence-corrected chi connectivity index (χ0v) is 10.1. The summed E-state index contributed by atoms with van der Waals surface area (Å²) in [5.41, 5.74) is 1.86. The molecule has 0 aromatic heterocycles. The van der Waals surface area contributed by atoms with Gasteiger partial charge in [-0.15, -0.1) is 6.58 Å². The van der Waals surface area contributed by atoms with Gasteiger partial charge in [0.1, 0.15) is 0 Å². The van der Waals surface area contributed by atoms with Gasteiger partial charge in [-0.2, -0.15) is 0 Å². The molecule has 92 valence electrons. The number of aliphatic carboxylic acids is 1. The summed E-state index contributed by atoms with van der Waals surface area (Å²) >= 11 is 0. The van der Waals surface area contributed by atoms with Crippen molar-refractivity contribution in [3.05, 3.63) is 48.0 Å². The molecule has 0 aliphatic heterocycles. The maximum absolute atomic E-state index is 10.8. The normalized spacial score (nSPS) is 12.1. The van der Waals surface area contributed by atoms with Crippen molar-refractivity contribution in [3.8, 4) is 0 Å². The van der Waals surface area contributed by atoms with E-state index >= 15 is 0 Å². The second-order valence-electron chi connectivity index (χ2n) is 3.93. The minimum absolute atomic E-state index is 0.467. The monoisotopic (exact) mass is 234 g/mol. The maximum Gasteiger partial charge on any atom is 0.310 e. The molecule has 1 unspecified atom stereocenters. The molecule has 0 fully saturated rings. The Hall–Kier alpha value is -1.61. The number of benzene rings is 1. The molecule has 1 aromatic carbocycles. The van der Waals surface area contributed by atoms with Crippen LogP contribution in [-0.4, -0.2) is 17.7 Å². The Balaban J connectivity index is 2.50. The molecule has 0 aliphatic rings. The standard InChI is InChI=1S/C14H18O3/c1-3-4-9-17-10-12-5-7-13(8-6-12)11(2)14(15)16/h3,5-8,11H,1,4,9-10H2,2H3,(H,15,16). The van der Waals surface area contributed by atoms with Gasteiger partial charge in [0.15, 0.2) is 0 Å². The van der Waals surface area contributed by atoms with Crippen LogP contribution in [0.15, 0.2) is 36.9 Å². The molecule has 0 bridgehead atoms. The summed E-state index contributed by atoms with van der Waals surface area (Å²) in [4.78, 5) is 10.8. The topological polar surface area (TPSA) is 46.5 Å². The third-order valence-corrected chi connectivity index (χ3v) is 2.59. The summed E-state index contributed by atoms with van der Waals surface area (Å²) in [5.74, 6) is -1.27. The first-order valence-corrected chi connectivity index (χ1v) is 5.65. The van der Waals surface area contributed by atoms with Gasteiger partial charge in [-0.1, -0.05) is 30.3 Å². The lowest BCUT2D eigenvalue weighted by atomic mass is 10.0. The highest BCUT2D eigenvalue weighted by Gasteiger charge is 2.12.